The molecule has 1 fully saturated rings. The highest BCUT2D eigenvalue weighted by molar-refractivity contribution is 8.00. The number of amides is 2. The summed E-state index contributed by atoms with van der Waals surface area (Å²) in [6.07, 6.45) is 7.63. The molecular formula is C14H24N4OS. The number of unbranched alkanes of at least 4 members (excludes halogenated alkanes) is 1. The van der Waals surface area contributed by atoms with Gasteiger partial charge in [-0.1, -0.05) is 13.8 Å². The van der Waals surface area contributed by atoms with Gasteiger partial charge >= 0.3 is 6.03 Å². The molecule has 0 radical (unpaired) electrons. The summed E-state index contributed by atoms with van der Waals surface area (Å²) in [5.41, 5.74) is 0. The third kappa shape index (κ3) is 4.74. The average Bonchev–Trinajstić information content (AvgIpc) is 2.90. The molecule has 0 bridgehead atoms. The van der Waals surface area contributed by atoms with Crippen LogP contribution in [0.25, 0.3) is 0 Å². The number of carbonyl (C=O) groups excluding carboxylic acids is 1. The molecule has 0 spiro atoms. The smallest absolute Gasteiger partial charge is 0.317 e. The molecule has 112 valence electrons. The molecule has 1 N–H and O–H groups in total. The van der Waals surface area contributed by atoms with Crippen LogP contribution in [0.5, 0.6) is 0 Å². The van der Waals surface area contributed by atoms with E-state index in [0.717, 1.165) is 39.0 Å². The van der Waals surface area contributed by atoms with Crippen molar-refractivity contribution in [1.82, 2.24) is 19.8 Å². The summed E-state index contributed by atoms with van der Waals surface area (Å²) in [5, 5.41) is 4.09. The van der Waals surface area contributed by atoms with Crippen LogP contribution in [0, 0.1) is 0 Å². The lowest BCUT2D eigenvalue weighted by Crippen LogP contribution is -2.48. The largest absolute Gasteiger partial charge is 0.338 e. The molecule has 2 heterocycles. The van der Waals surface area contributed by atoms with Gasteiger partial charge in [0, 0.05) is 49.1 Å². The van der Waals surface area contributed by atoms with Crippen molar-refractivity contribution in [2.24, 2.45) is 0 Å². The number of urea groups is 1. The zero-order valence-electron chi connectivity index (χ0n) is 12.3. The molecule has 0 unspecified atom stereocenters. The molecule has 1 aromatic heterocycles. The fourth-order valence-corrected chi connectivity index (χ4v) is 3.81. The highest BCUT2D eigenvalue weighted by atomic mass is 32.2. The zero-order valence-corrected chi connectivity index (χ0v) is 13.1. The highest BCUT2D eigenvalue weighted by Gasteiger charge is 2.25. The Hall–Kier alpha value is -1.17. The van der Waals surface area contributed by atoms with Crippen LogP contribution >= 0.6 is 11.8 Å². The Morgan fingerprint density at radius 3 is 2.75 bits per heavy atom. The summed E-state index contributed by atoms with van der Waals surface area (Å²) in [6, 6.07) is 0.0895. The zero-order chi connectivity index (χ0) is 14.4. The van der Waals surface area contributed by atoms with Crippen molar-refractivity contribution >= 4 is 17.8 Å². The van der Waals surface area contributed by atoms with Gasteiger partial charge in [-0.05, 0) is 12.8 Å². The second-order valence-electron chi connectivity index (χ2n) is 5.40. The third-order valence-electron chi connectivity index (χ3n) is 3.39. The van der Waals surface area contributed by atoms with Crippen LogP contribution in [-0.4, -0.2) is 50.6 Å². The Bertz CT molecular complexity index is 399. The number of hydrogen-bond acceptors (Lipinski definition) is 3. The van der Waals surface area contributed by atoms with Crippen molar-refractivity contribution < 1.29 is 4.79 Å². The first-order valence-electron chi connectivity index (χ1n) is 7.29. The monoisotopic (exact) mass is 296 g/mol. The Balaban J connectivity index is 1.60. The summed E-state index contributed by atoms with van der Waals surface area (Å²) in [4.78, 5) is 18.0. The van der Waals surface area contributed by atoms with Gasteiger partial charge in [0.1, 0.15) is 0 Å². The van der Waals surface area contributed by atoms with Gasteiger partial charge in [0.2, 0.25) is 0 Å². The first-order valence-corrected chi connectivity index (χ1v) is 8.23. The van der Waals surface area contributed by atoms with Gasteiger partial charge < -0.3 is 14.8 Å². The first-order chi connectivity index (χ1) is 9.65. The molecular weight excluding hydrogens is 272 g/mol. The molecule has 1 aromatic rings. The van der Waals surface area contributed by atoms with Gasteiger partial charge in [-0.2, -0.15) is 11.8 Å². The summed E-state index contributed by atoms with van der Waals surface area (Å²) in [6.45, 7) is 7.80. The van der Waals surface area contributed by atoms with E-state index < -0.39 is 0 Å². The number of imidazole rings is 1. The molecule has 2 atom stereocenters. The van der Waals surface area contributed by atoms with E-state index in [-0.39, 0.29) is 6.03 Å². The van der Waals surface area contributed by atoms with Crippen LogP contribution in [0.2, 0.25) is 0 Å². The quantitative estimate of drug-likeness (QED) is 0.848. The van der Waals surface area contributed by atoms with Crippen molar-refractivity contribution in [2.75, 3.05) is 19.6 Å². The molecule has 0 aromatic carbocycles. The van der Waals surface area contributed by atoms with Crippen LogP contribution in [0.3, 0.4) is 0 Å². The molecule has 0 aliphatic carbocycles. The van der Waals surface area contributed by atoms with Gasteiger partial charge in [-0.25, -0.2) is 9.78 Å². The fraction of sp³-hybridized carbons (Fsp3) is 0.714. The van der Waals surface area contributed by atoms with E-state index in [1.165, 1.54) is 0 Å². The van der Waals surface area contributed by atoms with E-state index in [1.54, 1.807) is 6.20 Å². The molecule has 6 heteroatoms. The lowest BCUT2D eigenvalue weighted by atomic mass is 10.3. The molecule has 1 aliphatic rings. The van der Waals surface area contributed by atoms with Crippen molar-refractivity contribution in [3.05, 3.63) is 18.7 Å². The SMILES string of the molecule is C[C@@H]1CN(C(=O)NCCCCn2ccnc2)C[C@@H](C)S1. The Kier molecular flexibility index (Phi) is 5.76. The van der Waals surface area contributed by atoms with Crippen molar-refractivity contribution in [1.29, 1.82) is 0 Å². The summed E-state index contributed by atoms with van der Waals surface area (Å²) in [7, 11) is 0. The highest BCUT2D eigenvalue weighted by Crippen LogP contribution is 2.24. The van der Waals surface area contributed by atoms with Crippen LogP contribution in [0.15, 0.2) is 18.7 Å². The van der Waals surface area contributed by atoms with E-state index in [4.69, 9.17) is 0 Å². The summed E-state index contributed by atoms with van der Waals surface area (Å²) in [5.74, 6) is 0. The number of nitrogens with zero attached hydrogens (tertiary/aromatic N) is 3. The molecule has 1 aliphatic heterocycles. The van der Waals surface area contributed by atoms with Gasteiger partial charge in [-0.3, -0.25) is 0 Å². The summed E-state index contributed by atoms with van der Waals surface area (Å²) < 4.78 is 2.06. The molecule has 1 saturated heterocycles. The molecule has 2 rings (SSSR count). The topological polar surface area (TPSA) is 50.2 Å². The van der Waals surface area contributed by atoms with Gasteiger partial charge in [0.15, 0.2) is 0 Å². The second kappa shape index (κ2) is 7.57. The number of aryl methyl sites for hydroxylation is 1. The van der Waals surface area contributed by atoms with Crippen LogP contribution in [-0.2, 0) is 6.54 Å². The lowest BCUT2D eigenvalue weighted by Gasteiger charge is -2.34. The number of carbonyl (C=O) groups is 1. The lowest BCUT2D eigenvalue weighted by molar-refractivity contribution is 0.197. The molecule has 2 amide bonds. The number of nitrogens with one attached hydrogen (secondary N) is 1. The second-order valence-corrected chi connectivity index (χ2v) is 7.28. The van der Waals surface area contributed by atoms with Crippen LogP contribution in [0.1, 0.15) is 26.7 Å². The predicted molar refractivity (Wildman–Crippen MR) is 82.9 cm³/mol. The number of aromatic nitrogens is 2. The van der Waals surface area contributed by atoms with Gasteiger partial charge in [-0.15, -0.1) is 0 Å². The van der Waals surface area contributed by atoms with Crippen LogP contribution in [0.4, 0.5) is 4.79 Å². The number of rotatable bonds is 5. The third-order valence-corrected chi connectivity index (χ3v) is 4.61. The first kappa shape index (κ1) is 15.2. The number of hydrogen-bond donors (Lipinski definition) is 1. The van der Waals surface area contributed by atoms with Gasteiger partial charge in [0.25, 0.3) is 0 Å². The van der Waals surface area contributed by atoms with E-state index in [2.05, 4.69) is 28.7 Å². The Morgan fingerprint density at radius 1 is 1.35 bits per heavy atom. The minimum atomic E-state index is 0.0895. The van der Waals surface area contributed by atoms with Crippen LogP contribution < -0.4 is 5.32 Å². The minimum absolute atomic E-state index is 0.0895. The van der Waals surface area contributed by atoms with E-state index in [9.17, 15) is 4.79 Å². The standard InChI is InChI=1S/C14H24N4OS/c1-12-9-18(10-13(2)20-12)14(19)16-5-3-4-7-17-8-6-15-11-17/h6,8,11-13H,3-5,7,9-10H2,1-2H3,(H,16,19)/t12-,13-/m1/s1. The maximum absolute atomic E-state index is 12.1. The van der Waals surface area contributed by atoms with Crippen molar-refractivity contribution in [2.45, 2.75) is 43.7 Å². The van der Waals surface area contributed by atoms with Crippen molar-refractivity contribution in [3.63, 3.8) is 0 Å². The molecule has 0 saturated carbocycles. The Labute approximate surface area is 125 Å². The Morgan fingerprint density at radius 2 is 2.10 bits per heavy atom. The summed E-state index contributed by atoms with van der Waals surface area (Å²) >= 11 is 1.96. The predicted octanol–water partition coefficient (Wildman–Crippen LogP) is 2.20. The average molecular weight is 296 g/mol. The van der Waals surface area contributed by atoms with Crippen molar-refractivity contribution in [3.8, 4) is 0 Å². The van der Waals surface area contributed by atoms with E-state index in [0.29, 0.717) is 10.5 Å². The fourth-order valence-electron chi connectivity index (χ4n) is 2.49. The normalized spacial score (nSPS) is 22.8. The maximum atomic E-state index is 12.1. The molecule has 5 nitrogen and oxygen atoms in total. The number of thioether (sulfide) groups is 1. The van der Waals surface area contributed by atoms with Gasteiger partial charge in [0.05, 0.1) is 6.33 Å². The van der Waals surface area contributed by atoms with E-state index in [1.807, 2.05) is 29.2 Å². The van der Waals surface area contributed by atoms with E-state index >= 15 is 0 Å². The maximum Gasteiger partial charge on any atom is 0.317 e. The minimum Gasteiger partial charge on any atom is -0.338 e. The molecule has 20 heavy (non-hydrogen) atoms.